The van der Waals surface area contributed by atoms with Crippen LogP contribution in [0.25, 0.3) is 6.08 Å². The molecule has 0 unspecified atom stereocenters. The number of esters is 1. The Labute approximate surface area is 193 Å². The van der Waals surface area contributed by atoms with Crippen molar-refractivity contribution in [1.29, 1.82) is 0 Å². The zero-order valence-corrected chi connectivity index (χ0v) is 19.6. The lowest BCUT2D eigenvalue weighted by Gasteiger charge is -2.16. The van der Waals surface area contributed by atoms with Gasteiger partial charge in [-0.2, -0.15) is 0 Å². The first-order valence-electron chi connectivity index (χ1n) is 9.61. The number of aliphatic imine (C=N–C) groups is 1. The summed E-state index contributed by atoms with van der Waals surface area (Å²) in [5.74, 6) is 0.623. The fourth-order valence-electron chi connectivity index (χ4n) is 3.02. The molecule has 31 heavy (non-hydrogen) atoms. The molecule has 0 saturated heterocycles. The van der Waals surface area contributed by atoms with Gasteiger partial charge in [0.05, 0.1) is 21.2 Å². The number of carbonyl (C=O) groups excluding carboxylic acids is 1. The van der Waals surface area contributed by atoms with Crippen LogP contribution in [-0.2, 0) is 9.53 Å². The van der Waals surface area contributed by atoms with Gasteiger partial charge >= 0.3 is 5.97 Å². The van der Waals surface area contributed by atoms with E-state index in [-0.39, 0.29) is 23.4 Å². The van der Waals surface area contributed by atoms with Crippen LogP contribution >= 0.6 is 22.6 Å². The van der Waals surface area contributed by atoms with Crippen LogP contribution < -0.4 is 9.47 Å². The minimum absolute atomic E-state index is 0.0212. The average Bonchev–Trinajstić information content (AvgIpc) is 3.04. The molecule has 1 heterocycles. The van der Waals surface area contributed by atoms with E-state index in [2.05, 4.69) is 27.6 Å². The molecule has 2 aromatic rings. The van der Waals surface area contributed by atoms with Crippen molar-refractivity contribution in [3.05, 3.63) is 66.4 Å². The fraction of sp³-hybridized carbons (Fsp3) is 0.273. The number of ether oxygens (including phenoxy) is 3. The van der Waals surface area contributed by atoms with Crippen LogP contribution in [0.5, 0.6) is 11.5 Å². The Morgan fingerprint density at radius 2 is 2.06 bits per heavy atom. The number of carbonyl (C=O) groups is 1. The van der Waals surface area contributed by atoms with Gasteiger partial charge in [0, 0.05) is 17.2 Å². The molecule has 0 bridgehead atoms. The van der Waals surface area contributed by atoms with E-state index in [1.165, 1.54) is 12.1 Å². The van der Waals surface area contributed by atoms with E-state index in [9.17, 15) is 14.9 Å². The van der Waals surface area contributed by atoms with Gasteiger partial charge in [0.15, 0.2) is 17.2 Å². The Balaban J connectivity index is 2.01. The second-order valence-electron chi connectivity index (χ2n) is 6.97. The molecule has 0 amide bonds. The molecule has 162 valence electrons. The maximum absolute atomic E-state index is 12.4. The number of nitro groups is 1. The second kappa shape index (κ2) is 9.46. The monoisotopic (exact) mass is 536 g/mol. The van der Waals surface area contributed by atoms with Crippen LogP contribution in [0, 0.1) is 20.6 Å². The molecular formula is C22H21IN2O6. The topological polar surface area (TPSA) is 100 Å². The highest BCUT2D eigenvalue weighted by Crippen LogP contribution is 2.36. The van der Waals surface area contributed by atoms with Gasteiger partial charge in [-0.15, -0.1) is 0 Å². The van der Waals surface area contributed by atoms with E-state index in [1.54, 1.807) is 25.1 Å². The molecule has 3 rings (SSSR count). The summed E-state index contributed by atoms with van der Waals surface area (Å²) in [6.45, 7) is 7.80. The normalized spacial score (nSPS) is 14.6. The number of rotatable bonds is 7. The standard InChI is InChI=1S/C22H21IN2O6/c1-5-29-19-11-14(9-16(23)20(19)30-12(2)3)10-17-22(26)31-21(24-17)15-7-6-8-18(13(15)4)25(27)28/h6-12H,5H2,1-4H3/b17-10-. The van der Waals surface area contributed by atoms with Crippen LogP contribution in [0.1, 0.15) is 37.5 Å². The van der Waals surface area contributed by atoms with Gasteiger partial charge in [-0.05, 0) is 80.1 Å². The summed E-state index contributed by atoms with van der Waals surface area (Å²) in [6.07, 6.45) is 1.57. The molecule has 8 nitrogen and oxygen atoms in total. The van der Waals surface area contributed by atoms with Gasteiger partial charge in [0.25, 0.3) is 5.69 Å². The van der Waals surface area contributed by atoms with Gasteiger partial charge in [-0.3, -0.25) is 10.1 Å². The minimum Gasteiger partial charge on any atom is -0.490 e. The minimum atomic E-state index is -0.628. The van der Waals surface area contributed by atoms with Crippen molar-refractivity contribution >= 4 is 46.2 Å². The largest absolute Gasteiger partial charge is 0.490 e. The van der Waals surface area contributed by atoms with Gasteiger partial charge in [-0.1, -0.05) is 6.07 Å². The van der Waals surface area contributed by atoms with E-state index in [1.807, 2.05) is 26.8 Å². The molecule has 0 radical (unpaired) electrons. The van der Waals surface area contributed by atoms with E-state index in [0.717, 1.165) is 3.57 Å². The van der Waals surface area contributed by atoms with E-state index < -0.39 is 10.9 Å². The molecule has 0 saturated carbocycles. The number of cyclic esters (lactones) is 1. The Kier molecular flexibility index (Phi) is 6.94. The Bertz CT molecular complexity index is 1110. The Morgan fingerprint density at radius 3 is 2.71 bits per heavy atom. The quantitative estimate of drug-likeness (QED) is 0.162. The van der Waals surface area contributed by atoms with Crippen molar-refractivity contribution in [3.63, 3.8) is 0 Å². The maximum Gasteiger partial charge on any atom is 0.363 e. The van der Waals surface area contributed by atoms with Gasteiger partial charge in [0.1, 0.15) is 0 Å². The number of nitrogens with zero attached hydrogens (tertiary/aromatic N) is 2. The van der Waals surface area contributed by atoms with Crippen LogP contribution in [0.2, 0.25) is 0 Å². The molecule has 0 fully saturated rings. The summed E-state index contributed by atoms with van der Waals surface area (Å²) in [6, 6.07) is 8.18. The second-order valence-corrected chi connectivity index (χ2v) is 8.13. The first-order chi connectivity index (χ1) is 14.7. The lowest BCUT2D eigenvalue weighted by Crippen LogP contribution is -2.09. The number of hydrogen-bond donors (Lipinski definition) is 0. The van der Waals surface area contributed by atoms with Crippen LogP contribution in [0.4, 0.5) is 5.69 Å². The van der Waals surface area contributed by atoms with Gasteiger partial charge < -0.3 is 14.2 Å². The molecule has 0 aliphatic carbocycles. The zero-order valence-electron chi connectivity index (χ0n) is 17.5. The molecule has 0 spiro atoms. The third kappa shape index (κ3) is 5.04. The molecule has 9 heteroatoms. The summed E-state index contributed by atoms with van der Waals surface area (Å²) in [5.41, 5.74) is 1.50. The summed E-state index contributed by atoms with van der Waals surface area (Å²) in [7, 11) is 0. The SMILES string of the molecule is CCOc1cc(/C=C2\N=C(c3cccc([N+](=O)[O-])c3C)OC2=O)cc(I)c1OC(C)C. The molecular weight excluding hydrogens is 515 g/mol. The lowest BCUT2D eigenvalue weighted by atomic mass is 10.1. The molecule has 0 atom stereocenters. The molecule has 2 aromatic carbocycles. The smallest absolute Gasteiger partial charge is 0.363 e. The highest BCUT2D eigenvalue weighted by atomic mass is 127. The summed E-state index contributed by atoms with van der Waals surface area (Å²) < 4.78 is 17.7. The molecule has 1 aliphatic heterocycles. The first kappa shape index (κ1) is 22.7. The van der Waals surface area contributed by atoms with Crippen molar-refractivity contribution in [2.45, 2.75) is 33.8 Å². The maximum atomic E-state index is 12.4. The number of benzene rings is 2. The Morgan fingerprint density at radius 1 is 1.32 bits per heavy atom. The van der Waals surface area contributed by atoms with Crippen molar-refractivity contribution in [1.82, 2.24) is 0 Å². The van der Waals surface area contributed by atoms with Crippen molar-refractivity contribution in [2.24, 2.45) is 4.99 Å². The zero-order chi connectivity index (χ0) is 22.7. The third-order valence-electron chi connectivity index (χ3n) is 4.34. The predicted octanol–water partition coefficient (Wildman–Crippen LogP) is 5.04. The summed E-state index contributed by atoms with van der Waals surface area (Å²) in [5, 5.41) is 11.2. The fourth-order valence-corrected chi connectivity index (χ4v) is 3.77. The van der Waals surface area contributed by atoms with E-state index >= 15 is 0 Å². The van der Waals surface area contributed by atoms with Gasteiger partial charge in [0.2, 0.25) is 5.90 Å². The average molecular weight is 536 g/mol. The van der Waals surface area contributed by atoms with Crippen LogP contribution in [0.3, 0.4) is 0 Å². The molecule has 0 aromatic heterocycles. The summed E-state index contributed by atoms with van der Waals surface area (Å²) in [4.78, 5) is 27.4. The van der Waals surface area contributed by atoms with E-state index in [0.29, 0.717) is 34.8 Å². The highest BCUT2D eigenvalue weighted by Gasteiger charge is 2.27. The van der Waals surface area contributed by atoms with Crippen LogP contribution in [-0.4, -0.2) is 29.5 Å². The van der Waals surface area contributed by atoms with Gasteiger partial charge in [-0.25, -0.2) is 9.79 Å². The van der Waals surface area contributed by atoms with Crippen molar-refractivity contribution in [3.8, 4) is 11.5 Å². The predicted molar refractivity (Wildman–Crippen MR) is 125 cm³/mol. The highest BCUT2D eigenvalue weighted by molar-refractivity contribution is 14.1. The molecule has 0 N–H and O–H groups in total. The lowest BCUT2D eigenvalue weighted by molar-refractivity contribution is -0.385. The van der Waals surface area contributed by atoms with E-state index in [4.69, 9.17) is 14.2 Å². The molecule has 1 aliphatic rings. The van der Waals surface area contributed by atoms with Crippen molar-refractivity contribution in [2.75, 3.05) is 6.61 Å². The first-order valence-corrected chi connectivity index (χ1v) is 10.7. The third-order valence-corrected chi connectivity index (χ3v) is 5.14. The number of nitro benzene ring substituents is 1. The summed E-state index contributed by atoms with van der Waals surface area (Å²) >= 11 is 2.15. The number of halogens is 1. The van der Waals surface area contributed by atoms with Crippen LogP contribution in [0.15, 0.2) is 41.0 Å². The van der Waals surface area contributed by atoms with Crippen molar-refractivity contribution < 1.29 is 23.9 Å². The Hall–Kier alpha value is -2.95. The number of hydrogen-bond acceptors (Lipinski definition) is 7.